The third-order valence-electron chi connectivity index (χ3n) is 2.74. The van der Waals surface area contributed by atoms with Crippen LogP contribution in [0.5, 0.6) is 0 Å². The quantitative estimate of drug-likeness (QED) is 0.872. The van der Waals surface area contributed by atoms with Crippen molar-refractivity contribution in [1.29, 1.82) is 0 Å². The fraction of sp³-hybridized carbons (Fsp3) is 0.600. The second-order valence-electron chi connectivity index (χ2n) is 3.89. The summed E-state index contributed by atoms with van der Waals surface area (Å²) in [6, 6.07) is 2.06. The number of hydrogen-bond acceptors (Lipinski definition) is 4. The molecular formula is C10H15NO2S2. The average Bonchev–Trinajstić information content (AvgIpc) is 2.77. The van der Waals surface area contributed by atoms with Gasteiger partial charge in [0.05, 0.1) is 11.0 Å². The zero-order valence-electron chi connectivity index (χ0n) is 8.48. The summed E-state index contributed by atoms with van der Waals surface area (Å²) in [5.41, 5.74) is 1.23. The van der Waals surface area contributed by atoms with Crippen molar-refractivity contribution in [3.05, 3.63) is 22.4 Å². The first-order valence-corrected chi connectivity index (χ1v) is 7.78. The van der Waals surface area contributed by atoms with Crippen LogP contribution >= 0.6 is 11.3 Å². The van der Waals surface area contributed by atoms with Gasteiger partial charge in [0, 0.05) is 13.1 Å². The molecular weight excluding hydrogens is 230 g/mol. The highest BCUT2D eigenvalue weighted by molar-refractivity contribution is 7.92. The molecule has 1 atom stereocenters. The van der Waals surface area contributed by atoms with Gasteiger partial charge in [0.15, 0.2) is 9.84 Å². The predicted molar refractivity (Wildman–Crippen MR) is 62.8 cm³/mol. The Balaban J connectivity index is 1.79. The molecule has 1 N–H and O–H groups in total. The van der Waals surface area contributed by atoms with E-state index in [-0.39, 0.29) is 5.25 Å². The Kier molecular flexibility index (Phi) is 3.43. The average molecular weight is 245 g/mol. The van der Waals surface area contributed by atoms with Crippen LogP contribution < -0.4 is 5.32 Å². The Bertz CT molecular complexity index is 397. The first kappa shape index (κ1) is 11.1. The lowest BCUT2D eigenvalue weighted by atomic mass is 10.2. The second kappa shape index (κ2) is 4.63. The van der Waals surface area contributed by atoms with Crippen molar-refractivity contribution in [2.24, 2.45) is 0 Å². The van der Waals surface area contributed by atoms with Crippen molar-refractivity contribution in [2.45, 2.75) is 24.6 Å². The first-order chi connectivity index (χ1) is 7.18. The molecule has 1 aromatic rings. The van der Waals surface area contributed by atoms with E-state index in [9.17, 15) is 8.42 Å². The zero-order valence-corrected chi connectivity index (χ0v) is 10.1. The minimum atomic E-state index is -2.79. The van der Waals surface area contributed by atoms with Crippen molar-refractivity contribution in [2.75, 3.05) is 12.3 Å². The van der Waals surface area contributed by atoms with E-state index >= 15 is 0 Å². The topological polar surface area (TPSA) is 46.2 Å². The molecule has 1 aliphatic rings. The predicted octanol–water partition coefficient (Wildman–Crippen LogP) is 1.41. The van der Waals surface area contributed by atoms with Crippen LogP contribution in [0.15, 0.2) is 16.8 Å². The highest BCUT2D eigenvalue weighted by Crippen LogP contribution is 2.19. The van der Waals surface area contributed by atoms with Crippen molar-refractivity contribution in [1.82, 2.24) is 5.32 Å². The van der Waals surface area contributed by atoms with E-state index in [1.807, 2.05) is 5.38 Å². The van der Waals surface area contributed by atoms with Crippen molar-refractivity contribution in [3.8, 4) is 0 Å². The van der Waals surface area contributed by atoms with Crippen LogP contribution in [0.4, 0.5) is 0 Å². The molecule has 0 amide bonds. The van der Waals surface area contributed by atoms with Gasteiger partial charge < -0.3 is 5.32 Å². The number of rotatable bonds is 4. The molecule has 0 spiro atoms. The molecule has 0 saturated carbocycles. The van der Waals surface area contributed by atoms with Crippen LogP contribution in [-0.2, 0) is 16.4 Å². The molecule has 1 fully saturated rings. The molecule has 1 saturated heterocycles. The minimum Gasteiger partial charge on any atom is -0.311 e. The van der Waals surface area contributed by atoms with Gasteiger partial charge in [-0.1, -0.05) is 0 Å². The van der Waals surface area contributed by atoms with Gasteiger partial charge in [-0.05, 0) is 35.2 Å². The zero-order chi connectivity index (χ0) is 10.7. The first-order valence-electron chi connectivity index (χ1n) is 5.12. The summed E-state index contributed by atoms with van der Waals surface area (Å²) in [5, 5.41) is 7.17. The molecule has 15 heavy (non-hydrogen) atoms. The molecule has 0 aromatic carbocycles. The molecule has 0 radical (unpaired) electrons. The molecule has 84 valence electrons. The molecule has 1 aromatic heterocycles. The molecule has 2 rings (SSSR count). The summed E-state index contributed by atoms with van der Waals surface area (Å²) in [5.74, 6) is 0.373. The molecule has 0 bridgehead atoms. The van der Waals surface area contributed by atoms with Crippen LogP contribution in [0.3, 0.4) is 0 Å². The summed E-state index contributed by atoms with van der Waals surface area (Å²) in [7, 11) is -2.79. The number of nitrogens with one attached hydrogen (secondary N) is 1. The third kappa shape index (κ3) is 2.80. The number of thiophene rings is 1. The van der Waals surface area contributed by atoms with Gasteiger partial charge in [-0.15, -0.1) is 0 Å². The Labute approximate surface area is 94.4 Å². The lowest BCUT2D eigenvalue weighted by molar-refractivity contribution is 0.574. The molecule has 1 aliphatic heterocycles. The lowest BCUT2D eigenvalue weighted by Crippen LogP contribution is -2.30. The summed E-state index contributed by atoms with van der Waals surface area (Å²) in [6.07, 6.45) is 1.64. The maximum atomic E-state index is 11.5. The SMILES string of the molecule is O=S1(=O)CCCC1CNCc1ccsc1. The van der Waals surface area contributed by atoms with Gasteiger partial charge >= 0.3 is 0 Å². The fourth-order valence-corrected chi connectivity index (χ4v) is 4.33. The second-order valence-corrected chi connectivity index (χ2v) is 7.07. The maximum absolute atomic E-state index is 11.5. The van der Waals surface area contributed by atoms with Crippen LogP contribution in [-0.4, -0.2) is 26.0 Å². The molecule has 3 nitrogen and oxygen atoms in total. The Morgan fingerprint density at radius 2 is 2.40 bits per heavy atom. The highest BCUT2D eigenvalue weighted by Gasteiger charge is 2.30. The van der Waals surface area contributed by atoms with E-state index in [0.717, 1.165) is 19.4 Å². The Hall–Kier alpha value is -0.390. The maximum Gasteiger partial charge on any atom is 0.154 e. The smallest absolute Gasteiger partial charge is 0.154 e. The van der Waals surface area contributed by atoms with Gasteiger partial charge in [-0.3, -0.25) is 0 Å². The van der Waals surface area contributed by atoms with Crippen LogP contribution in [0.2, 0.25) is 0 Å². The normalized spacial score (nSPS) is 24.4. The van der Waals surface area contributed by atoms with E-state index < -0.39 is 9.84 Å². The Morgan fingerprint density at radius 3 is 3.00 bits per heavy atom. The minimum absolute atomic E-state index is 0.156. The summed E-state index contributed by atoms with van der Waals surface area (Å²) in [6.45, 7) is 1.37. The number of hydrogen-bond donors (Lipinski definition) is 1. The summed E-state index contributed by atoms with van der Waals surface area (Å²) < 4.78 is 23.0. The standard InChI is InChI=1S/C10H15NO2S2/c12-15(13)5-1-2-10(15)7-11-6-9-3-4-14-8-9/h3-4,8,10-11H,1-2,5-7H2. The van der Waals surface area contributed by atoms with Crippen molar-refractivity contribution >= 4 is 21.2 Å². The lowest BCUT2D eigenvalue weighted by Gasteiger charge is -2.09. The van der Waals surface area contributed by atoms with E-state index in [2.05, 4.69) is 16.8 Å². The van der Waals surface area contributed by atoms with Gasteiger partial charge in [0.2, 0.25) is 0 Å². The largest absolute Gasteiger partial charge is 0.311 e. The van der Waals surface area contributed by atoms with E-state index in [0.29, 0.717) is 12.3 Å². The van der Waals surface area contributed by atoms with Gasteiger partial charge in [-0.2, -0.15) is 11.3 Å². The van der Waals surface area contributed by atoms with Crippen LogP contribution in [0.25, 0.3) is 0 Å². The van der Waals surface area contributed by atoms with Gasteiger partial charge in [0.1, 0.15) is 0 Å². The van der Waals surface area contributed by atoms with Gasteiger partial charge in [0.25, 0.3) is 0 Å². The fourth-order valence-electron chi connectivity index (χ4n) is 1.86. The molecule has 5 heteroatoms. The molecule has 0 aliphatic carbocycles. The van der Waals surface area contributed by atoms with E-state index in [4.69, 9.17) is 0 Å². The molecule has 2 heterocycles. The highest BCUT2D eigenvalue weighted by atomic mass is 32.2. The molecule has 1 unspecified atom stereocenters. The van der Waals surface area contributed by atoms with Gasteiger partial charge in [-0.25, -0.2) is 8.42 Å². The third-order valence-corrected chi connectivity index (χ3v) is 5.75. The summed E-state index contributed by atoms with van der Waals surface area (Å²) in [4.78, 5) is 0. The van der Waals surface area contributed by atoms with Crippen molar-refractivity contribution in [3.63, 3.8) is 0 Å². The monoisotopic (exact) mass is 245 g/mol. The van der Waals surface area contributed by atoms with Crippen molar-refractivity contribution < 1.29 is 8.42 Å². The van der Waals surface area contributed by atoms with E-state index in [1.165, 1.54) is 5.56 Å². The summed E-state index contributed by atoms with van der Waals surface area (Å²) >= 11 is 1.66. The van der Waals surface area contributed by atoms with Crippen LogP contribution in [0, 0.1) is 0 Å². The number of sulfone groups is 1. The van der Waals surface area contributed by atoms with Crippen LogP contribution in [0.1, 0.15) is 18.4 Å². The van der Waals surface area contributed by atoms with E-state index in [1.54, 1.807) is 11.3 Å². The Morgan fingerprint density at radius 1 is 1.53 bits per heavy atom.